The lowest BCUT2D eigenvalue weighted by Crippen LogP contribution is -2.28. The summed E-state index contributed by atoms with van der Waals surface area (Å²) in [5.41, 5.74) is 3.87. The van der Waals surface area contributed by atoms with Crippen LogP contribution < -0.4 is 5.32 Å². The van der Waals surface area contributed by atoms with Gasteiger partial charge in [0.15, 0.2) is 0 Å². The fraction of sp³-hybridized carbons (Fsp3) is 0.429. The van der Waals surface area contributed by atoms with Crippen molar-refractivity contribution in [2.75, 3.05) is 6.61 Å². The summed E-state index contributed by atoms with van der Waals surface area (Å²) in [5, 5.41) is 13.7. The molecular formula is C14H20N2O. The maximum Gasteiger partial charge on any atom is 0.0582 e. The van der Waals surface area contributed by atoms with Gasteiger partial charge in [0.05, 0.1) is 6.61 Å². The molecule has 0 spiro atoms. The molecule has 3 heteroatoms. The minimum absolute atomic E-state index is 0.133. The second-order valence-electron chi connectivity index (χ2n) is 4.60. The molecule has 0 radical (unpaired) electrons. The van der Waals surface area contributed by atoms with Crippen LogP contribution in [0.5, 0.6) is 0 Å². The Bertz CT molecular complexity index is 516. The van der Waals surface area contributed by atoms with Crippen LogP contribution in [-0.4, -0.2) is 22.3 Å². The summed E-state index contributed by atoms with van der Waals surface area (Å²) in [6.45, 7) is 5.10. The molecule has 0 saturated carbocycles. The van der Waals surface area contributed by atoms with Gasteiger partial charge < -0.3 is 15.0 Å². The lowest BCUT2D eigenvalue weighted by Gasteiger charge is -2.10. The first-order valence-corrected chi connectivity index (χ1v) is 6.02. The van der Waals surface area contributed by atoms with Crippen molar-refractivity contribution >= 4 is 10.9 Å². The molecule has 2 N–H and O–H groups in total. The summed E-state index contributed by atoms with van der Waals surface area (Å²) in [6.07, 6.45) is 0. The molecule has 1 atom stereocenters. The van der Waals surface area contributed by atoms with E-state index in [1.54, 1.807) is 0 Å². The summed E-state index contributed by atoms with van der Waals surface area (Å²) in [6, 6.07) is 8.56. The van der Waals surface area contributed by atoms with Crippen molar-refractivity contribution in [3.05, 3.63) is 35.5 Å². The zero-order chi connectivity index (χ0) is 12.4. The minimum atomic E-state index is 0.133. The first-order chi connectivity index (χ1) is 8.15. The van der Waals surface area contributed by atoms with Gasteiger partial charge in [0, 0.05) is 36.2 Å². The number of aryl methyl sites for hydroxylation is 1. The number of nitrogens with zero attached hydrogens (tertiary/aromatic N) is 1. The molecule has 2 aromatic rings. The van der Waals surface area contributed by atoms with E-state index in [1.165, 1.54) is 22.2 Å². The molecule has 0 fully saturated rings. The summed E-state index contributed by atoms with van der Waals surface area (Å²) in [4.78, 5) is 0. The highest BCUT2D eigenvalue weighted by molar-refractivity contribution is 5.85. The number of aliphatic hydroxyl groups excluding tert-OH is 1. The van der Waals surface area contributed by atoms with Crippen LogP contribution in [0.4, 0.5) is 0 Å². The molecule has 1 aromatic carbocycles. The molecule has 1 aromatic heterocycles. The predicted octanol–water partition coefficient (Wildman–Crippen LogP) is 1.96. The van der Waals surface area contributed by atoms with Crippen LogP contribution in [0.25, 0.3) is 10.9 Å². The fourth-order valence-corrected chi connectivity index (χ4v) is 2.16. The molecule has 3 nitrogen and oxygen atoms in total. The quantitative estimate of drug-likeness (QED) is 0.845. The number of nitrogens with one attached hydrogen (secondary N) is 1. The molecular weight excluding hydrogens is 212 g/mol. The third-order valence-electron chi connectivity index (χ3n) is 3.43. The first kappa shape index (κ1) is 12.1. The van der Waals surface area contributed by atoms with E-state index in [2.05, 4.69) is 48.1 Å². The summed E-state index contributed by atoms with van der Waals surface area (Å²) >= 11 is 0. The minimum Gasteiger partial charge on any atom is -0.395 e. The first-order valence-electron chi connectivity index (χ1n) is 6.02. The Balaban J connectivity index is 2.36. The summed E-state index contributed by atoms with van der Waals surface area (Å²) < 4.78 is 2.22. The van der Waals surface area contributed by atoms with Crippen LogP contribution in [0, 0.1) is 6.92 Å². The topological polar surface area (TPSA) is 37.2 Å². The Hall–Kier alpha value is -1.32. The highest BCUT2D eigenvalue weighted by Gasteiger charge is 2.11. The average molecular weight is 232 g/mol. The number of hydrogen-bond donors (Lipinski definition) is 2. The largest absolute Gasteiger partial charge is 0.395 e. The van der Waals surface area contributed by atoms with Crippen molar-refractivity contribution in [2.45, 2.75) is 26.4 Å². The zero-order valence-electron chi connectivity index (χ0n) is 10.7. The Morgan fingerprint density at radius 1 is 1.35 bits per heavy atom. The fourth-order valence-electron chi connectivity index (χ4n) is 2.16. The van der Waals surface area contributed by atoms with E-state index in [4.69, 9.17) is 5.11 Å². The predicted molar refractivity (Wildman–Crippen MR) is 71.0 cm³/mol. The summed E-state index contributed by atoms with van der Waals surface area (Å²) in [7, 11) is 2.09. The number of aliphatic hydroxyl groups is 1. The normalized spacial score (nSPS) is 13.2. The Morgan fingerprint density at radius 2 is 2.06 bits per heavy atom. The maximum absolute atomic E-state index is 9.03. The Labute approximate surface area is 102 Å². The van der Waals surface area contributed by atoms with Crippen molar-refractivity contribution in [2.24, 2.45) is 7.05 Å². The number of benzene rings is 1. The van der Waals surface area contributed by atoms with E-state index in [1.807, 2.05) is 6.92 Å². The van der Waals surface area contributed by atoms with Crippen LogP contribution in [0.2, 0.25) is 0 Å². The van der Waals surface area contributed by atoms with Gasteiger partial charge >= 0.3 is 0 Å². The molecule has 0 amide bonds. The van der Waals surface area contributed by atoms with Crippen molar-refractivity contribution in [1.29, 1.82) is 0 Å². The monoisotopic (exact) mass is 232 g/mol. The highest BCUT2D eigenvalue weighted by atomic mass is 16.3. The molecule has 0 aliphatic carbocycles. The third-order valence-corrected chi connectivity index (χ3v) is 3.43. The van der Waals surface area contributed by atoms with Gasteiger partial charge in [0.1, 0.15) is 0 Å². The number of para-hydroxylation sites is 1. The molecule has 17 heavy (non-hydrogen) atoms. The third kappa shape index (κ3) is 2.21. The van der Waals surface area contributed by atoms with E-state index >= 15 is 0 Å². The van der Waals surface area contributed by atoms with Crippen LogP contribution >= 0.6 is 0 Å². The van der Waals surface area contributed by atoms with Gasteiger partial charge in [0.25, 0.3) is 0 Å². The second-order valence-corrected chi connectivity index (χ2v) is 4.60. The number of rotatable bonds is 4. The van der Waals surface area contributed by atoms with Gasteiger partial charge in [-0.3, -0.25) is 0 Å². The number of hydrogen-bond acceptors (Lipinski definition) is 2. The van der Waals surface area contributed by atoms with Gasteiger partial charge in [0.2, 0.25) is 0 Å². The van der Waals surface area contributed by atoms with Crippen LogP contribution in [0.15, 0.2) is 24.3 Å². The standard InChI is InChI=1S/C14H20N2O/c1-10(9-17)15-8-13-11(2)16(3)14-7-5-4-6-12(13)14/h4-7,10,15,17H,8-9H2,1-3H3. The SMILES string of the molecule is Cc1c(CNC(C)CO)c2ccccc2n1C. The molecule has 0 bridgehead atoms. The van der Waals surface area contributed by atoms with E-state index in [-0.39, 0.29) is 12.6 Å². The van der Waals surface area contributed by atoms with Crippen LogP contribution in [-0.2, 0) is 13.6 Å². The number of fused-ring (bicyclic) bond motifs is 1. The van der Waals surface area contributed by atoms with E-state index in [0.717, 1.165) is 6.54 Å². The van der Waals surface area contributed by atoms with Crippen molar-refractivity contribution in [3.63, 3.8) is 0 Å². The Kier molecular flexibility index (Phi) is 3.50. The second kappa shape index (κ2) is 4.90. The molecule has 92 valence electrons. The van der Waals surface area contributed by atoms with Crippen LogP contribution in [0.3, 0.4) is 0 Å². The lowest BCUT2D eigenvalue weighted by molar-refractivity contribution is 0.251. The van der Waals surface area contributed by atoms with Gasteiger partial charge in [-0.05, 0) is 25.5 Å². The Morgan fingerprint density at radius 3 is 2.76 bits per heavy atom. The molecule has 0 saturated heterocycles. The zero-order valence-corrected chi connectivity index (χ0v) is 10.7. The highest BCUT2D eigenvalue weighted by Crippen LogP contribution is 2.24. The van der Waals surface area contributed by atoms with Crippen molar-refractivity contribution < 1.29 is 5.11 Å². The van der Waals surface area contributed by atoms with Crippen LogP contribution in [0.1, 0.15) is 18.2 Å². The lowest BCUT2D eigenvalue weighted by atomic mass is 10.1. The summed E-state index contributed by atoms with van der Waals surface area (Å²) in [5.74, 6) is 0. The molecule has 2 rings (SSSR count). The molecule has 0 aliphatic heterocycles. The van der Waals surface area contributed by atoms with Crippen molar-refractivity contribution in [1.82, 2.24) is 9.88 Å². The molecule has 1 unspecified atom stereocenters. The smallest absolute Gasteiger partial charge is 0.0582 e. The van der Waals surface area contributed by atoms with Crippen molar-refractivity contribution in [3.8, 4) is 0 Å². The van der Waals surface area contributed by atoms with E-state index in [0.29, 0.717) is 0 Å². The van der Waals surface area contributed by atoms with E-state index < -0.39 is 0 Å². The molecule has 1 heterocycles. The number of aromatic nitrogens is 1. The maximum atomic E-state index is 9.03. The molecule has 0 aliphatic rings. The van der Waals surface area contributed by atoms with Gasteiger partial charge in [-0.25, -0.2) is 0 Å². The van der Waals surface area contributed by atoms with E-state index in [9.17, 15) is 0 Å². The van der Waals surface area contributed by atoms with Gasteiger partial charge in [-0.1, -0.05) is 18.2 Å². The van der Waals surface area contributed by atoms with Gasteiger partial charge in [-0.2, -0.15) is 0 Å². The van der Waals surface area contributed by atoms with Gasteiger partial charge in [-0.15, -0.1) is 0 Å². The average Bonchev–Trinajstić information content (AvgIpc) is 2.60.